The van der Waals surface area contributed by atoms with E-state index in [9.17, 15) is 9.90 Å². The Hall–Kier alpha value is -1.56. The first-order valence-electron chi connectivity index (χ1n) is 6.24. The highest BCUT2D eigenvalue weighted by molar-refractivity contribution is 5.76. The fourth-order valence-corrected chi connectivity index (χ4v) is 2.22. The Balaban J connectivity index is 1.93. The predicted octanol–water partition coefficient (Wildman–Crippen LogP) is 0.229. The summed E-state index contributed by atoms with van der Waals surface area (Å²) in [6.45, 7) is 3.34. The van der Waals surface area contributed by atoms with Crippen molar-refractivity contribution in [3.8, 4) is 0 Å². The van der Waals surface area contributed by atoms with Gasteiger partial charge in [0.05, 0.1) is 17.5 Å². The predicted molar refractivity (Wildman–Crippen MR) is 67.7 cm³/mol. The molecule has 0 bridgehead atoms. The van der Waals surface area contributed by atoms with Crippen molar-refractivity contribution in [3.05, 3.63) is 12.4 Å². The normalized spacial score (nSPS) is 24.9. The van der Waals surface area contributed by atoms with Crippen molar-refractivity contribution in [1.29, 1.82) is 0 Å². The van der Waals surface area contributed by atoms with Gasteiger partial charge in [0.1, 0.15) is 6.54 Å². The molecule has 100 valence electrons. The number of nitrogens with two attached hydrogens (primary N) is 1. The van der Waals surface area contributed by atoms with Crippen LogP contribution in [0.1, 0.15) is 26.2 Å². The van der Waals surface area contributed by atoms with E-state index in [-0.39, 0.29) is 12.5 Å². The topological polar surface area (TPSA) is 84.4 Å². The van der Waals surface area contributed by atoms with Gasteiger partial charge in [-0.15, -0.1) is 0 Å². The van der Waals surface area contributed by atoms with E-state index in [4.69, 9.17) is 5.73 Å². The highest BCUT2D eigenvalue weighted by atomic mass is 16.3. The zero-order chi connectivity index (χ0) is 13.2. The molecule has 1 saturated heterocycles. The van der Waals surface area contributed by atoms with E-state index in [1.54, 1.807) is 15.8 Å². The number of amides is 1. The molecule has 0 saturated carbocycles. The van der Waals surface area contributed by atoms with Crippen LogP contribution in [0, 0.1) is 0 Å². The number of aromatic nitrogens is 2. The van der Waals surface area contributed by atoms with E-state index in [0.29, 0.717) is 25.2 Å². The van der Waals surface area contributed by atoms with E-state index in [1.165, 1.54) is 6.20 Å². The SMILES string of the molecule is CC1(O)CCCN(C(=O)Cn2cc(N)cn2)CC1. The highest BCUT2D eigenvalue weighted by Gasteiger charge is 2.26. The molecule has 1 unspecified atom stereocenters. The lowest BCUT2D eigenvalue weighted by Gasteiger charge is -2.22. The summed E-state index contributed by atoms with van der Waals surface area (Å²) in [6.07, 6.45) is 5.37. The molecule has 6 heteroatoms. The van der Waals surface area contributed by atoms with E-state index in [1.807, 2.05) is 6.92 Å². The number of anilines is 1. The van der Waals surface area contributed by atoms with Gasteiger partial charge in [0.2, 0.25) is 5.91 Å². The third kappa shape index (κ3) is 3.22. The molecule has 1 aromatic heterocycles. The number of carbonyl (C=O) groups is 1. The molecule has 1 fully saturated rings. The average molecular weight is 252 g/mol. The first-order valence-corrected chi connectivity index (χ1v) is 6.24. The van der Waals surface area contributed by atoms with Gasteiger partial charge in [-0.25, -0.2) is 0 Å². The molecular formula is C12H20N4O2. The first kappa shape index (κ1) is 12.9. The second-order valence-electron chi connectivity index (χ2n) is 5.20. The van der Waals surface area contributed by atoms with Crippen LogP contribution in [0.25, 0.3) is 0 Å². The van der Waals surface area contributed by atoms with Crippen LogP contribution in [0.4, 0.5) is 5.69 Å². The molecule has 18 heavy (non-hydrogen) atoms. The summed E-state index contributed by atoms with van der Waals surface area (Å²) in [5, 5.41) is 14.0. The standard InChI is InChI=1S/C12H20N4O2/c1-12(18)3-2-5-15(6-4-12)11(17)9-16-8-10(13)7-14-16/h7-8,18H,2-6,9,13H2,1H3. The minimum atomic E-state index is -0.648. The average Bonchev–Trinajstić information content (AvgIpc) is 2.58. The van der Waals surface area contributed by atoms with Crippen molar-refractivity contribution in [1.82, 2.24) is 14.7 Å². The lowest BCUT2D eigenvalue weighted by Crippen LogP contribution is -2.35. The lowest BCUT2D eigenvalue weighted by atomic mass is 9.98. The smallest absolute Gasteiger partial charge is 0.244 e. The zero-order valence-corrected chi connectivity index (χ0v) is 10.7. The Morgan fingerprint density at radius 1 is 1.56 bits per heavy atom. The maximum atomic E-state index is 12.1. The highest BCUT2D eigenvalue weighted by Crippen LogP contribution is 2.21. The van der Waals surface area contributed by atoms with Crippen molar-refractivity contribution in [3.63, 3.8) is 0 Å². The van der Waals surface area contributed by atoms with Crippen LogP contribution in [-0.2, 0) is 11.3 Å². The monoisotopic (exact) mass is 252 g/mol. The second-order valence-corrected chi connectivity index (χ2v) is 5.20. The summed E-state index contributed by atoms with van der Waals surface area (Å²) >= 11 is 0. The van der Waals surface area contributed by atoms with Gasteiger partial charge in [0.25, 0.3) is 0 Å². The fourth-order valence-electron chi connectivity index (χ4n) is 2.22. The van der Waals surface area contributed by atoms with E-state index in [0.717, 1.165) is 12.8 Å². The van der Waals surface area contributed by atoms with Gasteiger partial charge in [-0.1, -0.05) is 0 Å². The van der Waals surface area contributed by atoms with E-state index < -0.39 is 5.60 Å². The number of rotatable bonds is 2. The molecule has 6 nitrogen and oxygen atoms in total. The molecule has 2 rings (SSSR count). The summed E-state index contributed by atoms with van der Waals surface area (Å²) in [4.78, 5) is 13.9. The fraction of sp³-hybridized carbons (Fsp3) is 0.667. The van der Waals surface area contributed by atoms with Crippen LogP contribution >= 0.6 is 0 Å². The summed E-state index contributed by atoms with van der Waals surface area (Å²) in [7, 11) is 0. The van der Waals surface area contributed by atoms with Crippen LogP contribution < -0.4 is 5.73 Å². The molecule has 1 atom stereocenters. The summed E-state index contributed by atoms with van der Waals surface area (Å²) in [5.41, 5.74) is 5.46. The van der Waals surface area contributed by atoms with E-state index in [2.05, 4.69) is 5.10 Å². The Bertz CT molecular complexity index is 427. The molecule has 0 aromatic carbocycles. The molecular weight excluding hydrogens is 232 g/mol. The molecule has 3 N–H and O–H groups in total. The number of nitrogens with zero attached hydrogens (tertiary/aromatic N) is 3. The quantitative estimate of drug-likeness (QED) is 0.789. The minimum absolute atomic E-state index is 0.0239. The first-order chi connectivity index (χ1) is 8.46. The van der Waals surface area contributed by atoms with Gasteiger partial charge in [-0.05, 0) is 26.2 Å². The number of aliphatic hydroxyl groups is 1. The lowest BCUT2D eigenvalue weighted by molar-refractivity contribution is -0.132. The Kier molecular flexibility index (Phi) is 3.56. The van der Waals surface area contributed by atoms with Gasteiger partial charge < -0.3 is 15.7 Å². The summed E-state index contributed by atoms with van der Waals surface area (Å²) in [6, 6.07) is 0. The minimum Gasteiger partial charge on any atom is -0.396 e. The second kappa shape index (κ2) is 4.97. The maximum absolute atomic E-state index is 12.1. The third-order valence-electron chi connectivity index (χ3n) is 3.37. The molecule has 0 aliphatic carbocycles. The molecule has 1 aliphatic rings. The summed E-state index contributed by atoms with van der Waals surface area (Å²) < 4.78 is 1.54. The van der Waals surface area contributed by atoms with Gasteiger partial charge in [0, 0.05) is 19.3 Å². The van der Waals surface area contributed by atoms with Gasteiger partial charge in [0.15, 0.2) is 0 Å². The molecule has 0 radical (unpaired) electrons. The van der Waals surface area contributed by atoms with Gasteiger partial charge in [-0.3, -0.25) is 9.48 Å². The van der Waals surface area contributed by atoms with Crippen LogP contribution in [0.3, 0.4) is 0 Å². The third-order valence-corrected chi connectivity index (χ3v) is 3.37. The van der Waals surface area contributed by atoms with Crippen LogP contribution in [-0.4, -0.2) is 44.4 Å². The molecule has 1 aromatic rings. The maximum Gasteiger partial charge on any atom is 0.244 e. The number of hydrogen-bond acceptors (Lipinski definition) is 4. The van der Waals surface area contributed by atoms with Crippen molar-refractivity contribution in [2.75, 3.05) is 18.8 Å². The largest absolute Gasteiger partial charge is 0.396 e. The van der Waals surface area contributed by atoms with Crippen LogP contribution in [0.5, 0.6) is 0 Å². The molecule has 0 spiro atoms. The van der Waals surface area contributed by atoms with Crippen molar-refractivity contribution >= 4 is 11.6 Å². The Labute approximate surface area is 106 Å². The Morgan fingerprint density at radius 3 is 3.00 bits per heavy atom. The zero-order valence-electron chi connectivity index (χ0n) is 10.7. The molecule has 1 aliphatic heterocycles. The van der Waals surface area contributed by atoms with Gasteiger partial charge in [-0.2, -0.15) is 5.10 Å². The number of carbonyl (C=O) groups excluding carboxylic acids is 1. The Morgan fingerprint density at radius 2 is 2.33 bits per heavy atom. The van der Waals surface area contributed by atoms with Crippen LogP contribution in [0.15, 0.2) is 12.4 Å². The molecule has 2 heterocycles. The number of hydrogen-bond donors (Lipinski definition) is 2. The number of likely N-dealkylation sites (tertiary alicyclic amines) is 1. The summed E-state index contributed by atoms with van der Waals surface area (Å²) in [5.74, 6) is 0.0239. The van der Waals surface area contributed by atoms with Crippen molar-refractivity contribution < 1.29 is 9.90 Å². The van der Waals surface area contributed by atoms with Crippen molar-refractivity contribution in [2.24, 2.45) is 0 Å². The van der Waals surface area contributed by atoms with Crippen molar-refractivity contribution in [2.45, 2.75) is 38.3 Å². The van der Waals surface area contributed by atoms with Gasteiger partial charge >= 0.3 is 0 Å². The van der Waals surface area contributed by atoms with Crippen LogP contribution in [0.2, 0.25) is 0 Å². The molecule has 1 amide bonds. The van der Waals surface area contributed by atoms with E-state index >= 15 is 0 Å². The number of nitrogen functional groups attached to an aromatic ring is 1.